The van der Waals surface area contributed by atoms with Crippen molar-refractivity contribution in [3.05, 3.63) is 60.2 Å². The first-order valence-electron chi connectivity index (χ1n) is 5.36. The summed E-state index contributed by atoms with van der Waals surface area (Å²) in [6.07, 6.45) is 5.46. The van der Waals surface area contributed by atoms with Gasteiger partial charge in [-0.05, 0) is 30.3 Å². The quantitative estimate of drug-likeness (QED) is 0.667. The Morgan fingerprint density at radius 2 is 1.82 bits per heavy atom. The van der Waals surface area contributed by atoms with E-state index in [0.717, 1.165) is 16.8 Å². The molecule has 0 aliphatic heterocycles. The van der Waals surface area contributed by atoms with Gasteiger partial charge >= 0.3 is 0 Å². The highest BCUT2D eigenvalue weighted by atomic mass is 16.3. The lowest BCUT2D eigenvalue weighted by Gasteiger charge is -1.88. The maximum absolute atomic E-state index is 5.56. The molecule has 0 amide bonds. The zero-order chi connectivity index (χ0) is 11.5. The summed E-state index contributed by atoms with van der Waals surface area (Å²) < 4.78 is 5.56. The normalized spacial score (nSPS) is 11.3. The molecule has 0 N–H and O–H groups in total. The van der Waals surface area contributed by atoms with E-state index in [0.29, 0.717) is 5.89 Å². The fourth-order valence-electron chi connectivity index (χ4n) is 1.59. The number of hydrogen-bond acceptors (Lipinski definition) is 3. The van der Waals surface area contributed by atoms with Crippen LogP contribution >= 0.6 is 0 Å². The van der Waals surface area contributed by atoms with Gasteiger partial charge < -0.3 is 4.42 Å². The van der Waals surface area contributed by atoms with Crippen LogP contribution in [0.1, 0.15) is 11.6 Å². The summed E-state index contributed by atoms with van der Waals surface area (Å²) >= 11 is 0. The van der Waals surface area contributed by atoms with Crippen LogP contribution in [0.25, 0.3) is 23.3 Å². The summed E-state index contributed by atoms with van der Waals surface area (Å²) in [7, 11) is 0. The molecule has 0 saturated carbocycles. The van der Waals surface area contributed by atoms with Crippen LogP contribution in [0.4, 0.5) is 0 Å². The Bertz CT molecular complexity index is 623. The third-order valence-corrected chi connectivity index (χ3v) is 2.39. The van der Waals surface area contributed by atoms with Gasteiger partial charge in [0.1, 0.15) is 5.52 Å². The van der Waals surface area contributed by atoms with Gasteiger partial charge in [-0.2, -0.15) is 0 Å². The predicted molar refractivity (Wildman–Crippen MR) is 67.2 cm³/mol. The van der Waals surface area contributed by atoms with Crippen LogP contribution in [-0.2, 0) is 0 Å². The van der Waals surface area contributed by atoms with Gasteiger partial charge in [-0.15, -0.1) is 0 Å². The first-order valence-corrected chi connectivity index (χ1v) is 5.36. The highest BCUT2D eigenvalue weighted by molar-refractivity contribution is 5.75. The summed E-state index contributed by atoms with van der Waals surface area (Å²) in [4.78, 5) is 8.54. The molecule has 3 nitrogen and oxygen atoms in total. The second-order valence-corrected chi connectivity index (χ2v) is 3.61. The van der Waals surface area contributed by atoms with E-state index in [-0.39, 0.29) is 0 Å². The number of oxazole rings is 1. The summed E-state index contributed by atoms with van der Waals surface area (Å²) in [5, 5.41) is 0. The molecule has 3 heteroatoms. The molecule has 82 valence electrons. The van der Waals surface area contributed by atoms with Crippen molar-refractivity contribution in [1.82, 2.24) is 9.97 Å². The molecule has 3 rings (SSSR count). The molecule has 0 aliphatic carbocycles. The number of fused-ring (bicyclic) bond motifs is 1. The molecule has 2 aromatic heterocycles. The van der Waals surface area contributed by atoms with Crippen molar-refractivity contribution in [2.75, 3.05) is 0 Å². The second-order valence-electron chi connectivity index (χ2n) is 3.61. The smallest absolute Gasteiger partial charge is 0.220 e. The molecule has 1 aromatic carbocycles. The van der Waals surface area contributed by atoms with Gasteiger partial charge in [-0.3, -0.25) is 4.98 Å². The van der Waals surface area contributed by atoms with Gasteiger partial charge in [-0.25, -0.2) is 4.98 Å². The summed E-state index contributed by atoms with van der Waals surface area (Å²) in [6.45, 7) is 0. The van der Waals surface area contributed by atoms with Crippen LogP contribution in [0.15, 0.2) is 53.1 Å². The van der Waals surface area contributed by atoms with Gasteiger partial charge in [0.2, 0.25) is 5.89 Å². The molecule has 0 fully saturated rings. The molecule has 0 atom stereocenters. The first kappa shape index (κ1) is 9.78. The number of rotatable bonds is 2. The first-order chi connectivity index (χ1) is 8.42. The van der Waals surface area contributed by atoms with E-state index in [9.17, 15) is 0 Å². The zero-order valence-corrected chi connectivity index (χ0v) is 9.08. The van der Waals surface area contributed by atoms with Crippen LogP contribution in [0.2, 0.25) is 0 Å². The van der Waals surface area contributed by atoms with Gasteiger partial charge in [-0.1, -0.05) is 18.2 Å². The highest BCUT2D eigenvalue weighted by Crippen LogP contribution is 2.16. The van der Waals surface area contributed by atoms with E-state index in [4.69, 9.17) is 4.42 Å². The number of benzene rings is 1. The Balaban J connectivity index is 1.92. The largest absolute Gasteiger partial charge is 0.437 e. The van der Waals surface area contributed by atoms with Crippen molar-refractivity contribution in [2.24, 2.45) is 0 Å². The molecule has 2 heterocycles. The average Bonchev–Trinajstić information content (AvgIpc) is 2.80. The molecule has 0 spiro atoms. The fraction of sp³-hybridized carbons (Fsp3) is 0. The van der Waals surface area contributed by atoms with Crippen LogP contribution in [0, 0.1) is 0 Å². The molecule has 0 radical (unpaired) electrons. The van der Waals surface area contributed by atoms with Crippen LogP contribution in [0.3, 0.4) is 0 Å². The van der Waals surface area contributed by atoms with Crippen molar-refractivity contribution < 1.29 is 4.42 Å². The van der Waals surface area contributed by atoms with Crippen molar-refractivity contribution in [3.63, 3.8) is 0 Å². The van der Waals surface area contributed by atoms with Crippen LogP contribution in [-0.4, -0.2) is 9.97 Å². The molecule has 0 saturated heterocycles. The van der Waals surface area contributed by atoms with Crippen molar-refractivity contribution >= 4 is 23.3 Å². The molecule has 0 bridgehead atoms. The Morgan fingerprint density at radius 1 is 0.941 bits per heavy atom. The van der Waals surface area contributed by atoms with Gasteiger partial charge in [0.25, 0.3) is 0 Å². The van der Waals surface area contributed by atoms with E-state index < -0.39 is 0 Å². The van der Waals surface area contributed by atoms with Gasteiger partial charge in [0.15, 0.2) is 5.58 Å². The maximum Gasteiger partial charge on any atom is 0.220 e. The third kappa shape index (κ3) is 2.08. The van der Waals surface area contributed by atoms with E-state index in [2.05, 4.69) is 9.97 Å². The molecular formula is C14H10N2O. The maximum atomic E-state index is 5.56. The predicted octanol–water partition coefficient (Wildman–Crippen LogP) is 3.39. The topological polar surface area (TPSA) is 38.9 Å². The van der Waals surface area contributed by atoms with Gasteiger partial charge in [0, 0.05) is 12.3 Å². The van der Waals surface area contributed by atoms with E-state index in [1.54, 1.807) is 6.20 Å². The van der Waals surface area contributed by atoms with Crippen molar-refractivity contribution in [1.29, 1.82) is 0 Å². The molecule has 17 heavy (non-hydrogen) atoms. The van der Waals surface area contributed by atoms with Crippen molar-refractivity contribution in [2.45, 2.75) is 0 Å². The lowest BCUT2D eigenvalue weighted by molar-refractivity contribution is 0.589. The zero-order valence-electron chi connectivity index (χ0n) is 9.08. The Hall–Kier alpha value is -2.42. The Morgan fingerprint density at radius 3 is 2.65 bits per heavy atom. The molecule has 0 aliphatic rings. The minimum Gasteiger partial charge on any atom is -0.437 e. The lowest BCUT2D eigenvalue weighted by Crippen LogP contribution is -1.76. The second kappa shape index (κ2) is 4.22. The summed E-state index contributed by atoms with van der Waals surface area (Å²) in [6, 6.07) is 13.5. The Kier molecular flexibility index (Phi) is 2.43. The summed E-state index contributed by atoms with van der Waals surface area (Å²) in [5.41, 5.74) is 2.55. The van der Waals surface area contributed by atoms with Gasteiger partial charge in [0.05, 0.1) is 5.69 Å². The molecule has 0 unspecified atom stereocenters. The number of nitrogens with zero attached hydrogens (tertiary/aromatic N) is 2. The minimum atomic E-state index is 0.594. The molecular weight excluding hydrogens is 212 g/mol. The highest BCUT2D eigenvalue weighted by Gasteiger charge is 2.00. The summed E-state index contributed by atoms with van der Waals surface area (Å²) in [5.74, 6) is 0.594. The third-order valence-electron chi connectivity index (χ3n) is 2.39. The Labute approximate surface area is 98.4 Å². The van der Waals surface area contributed by atoms with Crippen LogP contribution in [0.5, 0.6) is 0 Å². The van der Waals surface area contributed by atoms with Crippen molar-refractivity contribution in [3.8, 4) is 0 Å². The standard InChI is InChI=1S/C14H10N2O/c1-2-7-13-12(6-1)16-14(17-13)9-8-11-5-3-4-10-15-11/h1-10H/b9-8+. The number of aromatic nitrogens is 2. The number of pyridine rings is 1. The fourth-order valence-corrected chi connectivity index (χ4v) is 1.59. The number of para-hydroxylation sites is 2. The number of hydrogen-bond donors (Lipinski definition) is 0. The van der Waals surface area contributed by atoms with E-state index >= 15 is 0 Å². The van der Waals surface area contributed by atoms with E-state index in [1.165, 1.54) is 0 Å². The average molecular weight is 222 g/mol. The molecule has 3 aromatic rings. The van der Waals surface area contributed by atoms with E-state index in [1.807, 2.05) is 54.6 Å². The monoisotopic (exact) mass is 222 g/mol. The SMILES string of the molecule is C(=C\c1nc2ccccc2o1)/c1ccccn1. The lowest BCUT2D eigenvalue weighted by atomic mass is 10.3. The minimum absolute atomic E-state index is 0.594. The van der Waals surface area contributed by atoms with Crippen LogP contribution < -0.4 is 0 Å².